The van der Waals surface area contributed by atoms with Crippen LogP contribution >= 0.6 is 0 Å². The first-order valence-electron chi connectivity index (χ1n) is 11.2. The fourth-order valence-electron chi connectivity index (χ4n) is 3.75. The highest BCUT2D eigenvalue weighted by Crippen LogP contribution is 2.35. The molecule has 0 saturated carbocycles. The number of nitrogens with zero attached hydrogens (tertiary/aromatic N) is 2. The lowest BCUT2D eigenvalue weighted by atomic mass is 9.86. The van der Waals surface area contributed by atoms with Crippen LogP contribution < -0.4 is 20.3 Å². The number of nitrogens with one attached hydrogen (secondary N) is 2. The maximum absolute atomic E-state index is 14.7. The Morgan fingerprint density at radius 1 is 1.03 bits per heavy atom. The van der Waals surface area contributed by atoms with E-state index < -0.39 is 11.8 Å². The van der Waals surface area contributed by atoms with E-state index in [1.165, 1.54) is 6.07 Å². The minimum Gasteiger partial charge on any atom is -0.437 e. The monoisotopic (exact) mass is 464 g/mol. The van der Waals surface area contributed by atoms with Crippen molar-refractivity contribution in [3.8, 4) is 11.6 Å². The SMILES string of the molecule is CC(C)(C)c1ccccc1Oc1ncccc1NC(=O)Nc1ccc(N2CCOCC2)cc1F. The van der Waals surface area contributed by atoms with Crippen molar-refractivity contribution in [1.82, 2.24) is 4.98 Å². The summed E-state index contributed by atoms with van der Waals surface area (Å²) < 4.78 is 26.1. The van der Waals surface area contributed by atoms with Gasteiger partial charge in [0.15, 0.2) is 0 Å². The van der Waals surface area contributed by atoms with Gasteiger partial charge >= 0.3 is 6.03 Å². The molecule has 0 unspecified atom stereocenters. The third-order valence-electron chi connectivity index (χ3n) is 5.50. The molecule has 0 radical (unpaired) electrons. The number of benzene rings is 2. The van der Waals surface area contributed by atoms with E-state index in [-0.39, 0.29) is 17.0 Å². The van der Waals surface area contributed by atoms with Gasteiger partial charge in [0, 0.05) is 30.5 Å². The van der Waals surface area contributed by atoms with E-state index in [4.69, 9.17) is 9.47 Å². The van der Waals surface area contributed by atoms with Crippen LogP contribution in [-0.4, -0.2) is 37.3 Å². The zero-order valence-electron chi connectivity index (χ0n) is 19.6. The maximum atomic E-state index is 14.7. The Hall–Kier alpha value is -3.65. The molecule has 2 heterocycles. The van der Waals surface area contributed by atoms with E-state index in [0.717, 1.165) is 11.3 Å². The van der Waals surface area contributed by atoms with Gasteiger partial charge in [0.05, 0.1) is 18.9 Å². The smallest absolute Gasteiger partial charge is 0.323 e. The summed E-state index contributed by atoms with van der Waals surface area (Å²) in [4.78, 5) is 19.0. The predicted molar refractivity (Wildman–Crippen MR) is 132 cm³/mol. The highest BCUT2D eigenvalue weighted by molar-refractivity contribution is 6.00. The van der Waals surface area contributed by atoms with E-state index in [2.05, 4.69) is 36.4 Å². The highest BCUT2D eigenvalue weighted by atomic mass is 19.1. The number of hydrogen-bond donors (Lipinski definition) is 2. The molecular weight excluding hydrogens is 435 g/mol. The van der Waals surface area contributed by atoms with Gasteiger partial charge in [-0.05, 0) is 41.8 Å². The van der Waals surface area contributed by atoms with Gasteiger partial charge in [-0.15, -0.1) is 0 Å². The first-order valence-corrected chi connectivity index (χ1v) is 11.2. The molecule has 4 rings (SSSR count). The average molecular weight is 465 g/mol. The number of urea groups is 1. The van der Waals surface area contributed by atoms with Gasteiger partial charge in [0.2, 0.25) is 5.88 Å². The van der Waals surface area contributed by atoms with Crippen molar-refractivity contribution in [3.63, 3.8) is 0 Å². The third-order valence-corrected chi connectivity index (χ3v) is 5.50. The van der Waals surface area contributed by atoms with Gasteiger partial charge in [-0.25, -0.2) is 14.2 Å². The third kappa shape index (κ3) is 5.63. The van der Waals surface area contributed by atoms with Crippen molar-refractivity contribution in [2.75, 3.05) is 41.8 Å². The Balaban J connectivity index is 1.47. The first kappa shape index (κ1) is 23.5. The van der Waals surface area contributed by atoms with Gasteiger partial charge in [-0.2, -0.15) is 0 Å². The lowest BCUT2D eigenvalue weighted by Gasteiger charge is -2.29. The summed E-state index contributed by atoms with van der Waals surface area (Å²) in [5.41, 5.74) is 2.08. The number of rotatable bonds is 5. The molecule has 0 aliphatic carbocycles. The molecule has 1 aliphatic rings. The van der Waals surface area contributed by atoms with Crippen LogP contribution in [0.3, 0.4) is 0 Å². The Kier molecular flexibility index (Phi) is 6.98. The number of anilines is 3. The zero-order chi connectivity index (χ0) is 24.1. The van der Waals surface area contributed by atoms with Crippen LogP contribution in [-0.2, 0) is 10.2 Å². The molecular formula is C26H29FN4O3. The number of aromatic nitrogens is 1. The van der Waals surface area contributed by atoms with E-state index in [1.807, 2.05) is 29.2 Å². The molecule has 0 bridgehead atoms. The second-order valence-corrected chi connectivity index (χ2v) is 9.05. The van der Waals surface area contributed by atoms with Crippen molar-refractivity contribution in [1.29, 1.82) is 0 Å². The van der Waals surface area contributed by atoms with Crippen molar-refractivity contribution >= 4 is 23.1 Å². The number of ether oxygens (including phenoxy) is 2. The number of para-hydroxylation sites is 1. The quantitative estimate of drug-likeness (QED) is 0.500. The number of carbonyl (C=O) groups is 1. The van der Waals surface area contributed by atoms with Crippen molar-refractivity contribution in [2.24, 2.45) is 0 Å². The summed E-state index contributed by atoms with van der Waals surface area (Å²) in [5.74, 6) is 0.389. The first-order chi connectivity index (χ1) is 16.3. The predicted octanol–water partition coefficient (Wildman–Crippen LogP) is 5.79. The van der Waals surface area contributed by atoms with Crippen molar-refractivity contribution < 1.29 is 18.7 Å². The summed E-state index contributed by atoms with van der Waals surface area (Å²) in [6.45, 7) is 8.92. The summed E-state index contributed by atoms with van der Waals surface area (Å²) in [5, 5.41) is 5.28. The number of pyridine rings is 1. The Labute approximate surface area is 198 Å². The van der Waals surface area contributed by atoms with Crippen LogP contribution in [0.15, 0.2) is 60.8 Å². The van der Waals surface area contributed by atoms with Gasteiger partial charge in [-0.3, -0.25) is 0 Å². The molecule has 178 valence electrons. The summed E-state index contributed by atoms with van der Waals surface area (Å²) in [7, 11) is 0. The number of hydrogen-bond acceptors (Lipinski definition) is 5. The second-order valence-electron chi connectivity index (χ2n) is 9.05. The summed E-state index contributed by atoms with van der Waals surface area (Å²) >= 11 is 0. The summed E-state index contributed by atoms with van der Waals surface area (Å²) in [6.07, 6.45) is 1.59. The lowest BCUT2D eigenvalue weighted by Crippen LogP contribution is -2.36. The maximum Gasteiger partial charge on any atom is 0.323 e. The molecule has 0 spiro atoms. The molecule has 3 aromatic rings. The fraction of sp³-hybridized carbons (Fsp3) is 0.308. The lowest BCUT2D eigenvalue weighted by molar-refractivity contribution is 0.122. The van der Waals surface area contributed by atoms with Crippen molar-refractivity contribution in [2.45, 2.75) is 26.2 Å². The van der Waals surface area contributed by atoms with Crippen LogP contribution in [0.25, 0.3) is 0 Å². The van der Waals surface area contributed by atoms with Gasteiger partial charge in [-0.1, -0.05) is 39.0 Å². The fourth-order valence-corrected chi connectivity index (χ4v) is 3.75. The van der Waals surface area contributed by atoms with Crippen LogP contribution in [0.5, 0.6) is 11.6 Å². The molecule has 2 amide bonds. The van der Waals surface area contributed by atoms with E-state index in [9.17, 15) is 9.18 Å². The van der Waals surface area contributed by atoms with Crippen molar-refractivity contribution in [3.05, 3.63) is 72.2 Å². The second kappa shape index (κ2) is 10.1. The van der Waals surface area contributed by atoms with E-state index in [1.54, 1.807) is 30.5 Å². The number of amides is 2. The molecule has 34 heavy (non-hydrogen) atoms. The van der Waals surface area contributed by atoms with Crippen LogP contribution in [0.1, 0.15) is 26.3 Å². The van der Waals surface area contributed by atoms with Gasteiger partial charge in [0.25, 0.3) is 0 Å². The Morgan fingerprint density at radius 3 is 2.50 bits per heavy atom. The average Bonchev–Trinajstić information content (AvgIpc) is 2.82. The largest absolute Gasteiger partial charge is 0.437 e. The number of carbonyl (C=O) groups excluding carboxylic acids is 1. The minimum atomic E-state index is -0.597. The molecule has 1 aliphatic heterocycles. The molecule has 2 N–H and O–H groups in total. The molecule has 1 aromatic heterocycles. The topological polar surface area (TPSA) is 75.7 Å². The van der Waals surface area contributed by atoms with Crippen LogP contribution in [0.2, 0.25) is 0 Å². The molecule has 0 atom stereocenters. The number of halogens is 1. The van der Waals surface area contributed by atoms with Gasteiger partial charge in [0.1, 0.15) is 17.3 Å². The van der Waals surface area contributed by atoms with E-state index >= 15 is 0 Å². The molecule has 7 nitrogen and oxygen atoms in total. The van der Waals surface area contributed by atoms with E-state index in [0.29, 0.717) is 37.7 Å². The normalized spacial score (nSPS) is 13.9. The standard InChI is InChI=1S/C26H29FN4O3/c1-26(2,3)19-7-4-5-9-23(19)34-24-22(8-6-12-28-24)30-25(32)29-21-11-10-18(17-20(21)27)31-13-15-33-16-14-31/h4-12,17H,13-16H2,1-3H3,(H2,29,30,32). The number of morpholine rings is 1. The van der Waals surface area contributed by atoms with Gasteiger partial charge < -0.3 is 25.0 Å². The Bertz CT molecular complexity index is 1160. The van der Waals surface area contributed by atoms with Crippen LogP contribution in [0.4, 0.5) is 26.2 Å². The Morgan fingerprint density at radius 2 is 1.76 bits per heavy atom. The zero-order valence-corrected chi connectivity index (χ0v) is 19.6. The molecule has 8 heteroatoms. The molecule has 1 fully saturated rings. The minimum absolute atomic E-state index is 0.0824. The molecule has 1 saturated heterocycles. The van der Waals surface area contributed by atoms with Crippen LogP contribution in [0, 0.1) is 5.82 Å². The molecule has 2 aromatic carbocycles. The summed E-state index contributed by atoms with van der Waals surface area (Å²) in [6, 6.07) is 15.2. The highest BCUT2D eigenvalue weighted by Gasteiger charge is 2.20.